The molecule has 34 heavy (non-hydrogen) atoms. The zero-order valence-corrected chi connectivity index (χ0v) is 19.8. The number of hydrogen-bond donors (Lipinski definition) is 1. The van der Waals surface area contributed by atoms with Crippen molar-refractivity contribution in [2.75, 3.05) is 25.5 Å². The van der Waals surface area contributed by atoms with Gasteiger partial charge in [-0.05, 0) is 61.2 Å². The summed E-state index contributed by atoms with van der Waals surface area (Å²) >= 11 is 1.37. The number of piperidine rings is 1. The lowest BCUT2D eigenvalue weighted by molar-refractivity contribution is -0.121. The van der Waals surface area contributed by atoms with Crippen molar-refractivity contribution < 1.29 is 18.8 Å². The molecule has 7 nitrogen and oxygen atoms in total. The molecule has 9 heteroatoms. The van der Waals surface area contributed by atoms with Crippen molar-refractivity contribution in [3.8, 4) is 0 Å². The molecule has 1 N–H and O–H groups in total. The van der Waals surface area contributed by atoms with E-state index in [-0.39, 0.29) is 30.0 Å². The summed E-state index contributed by atoms with van der Waals surface area (Å²) in [6.07, 6.45) is 3.44. The zero-order chi connectivity index (χ0) is 24.1. The van der Waals surface area contributed by atoms with Crippen molar-refractivity contribution in [3.05, 3.63) is 65.5 Å². The molecule has 0 radical (unpaired) electrons. The van der Waals surface area contributed by atoms with E-state index in [2.05, 4.69) is 15.2 Å². The van der Waals surface area contributed by atoms with Gasteiger partial charge in [-0.25, -0.2) is 4.39 Å². The van der Waals surface area contributed by atoms with Gasteiger partial charge in [0.2, 0.25) is 5.91 Å². The van der Waals surface area contributed by atoms with E-state index in [0.29, 0.717) is 17.8 Å². The summed E-state index contributed by atoms with van der Waals surface area (Å²) in [6.45, 7) is 2.16. The lowest BCUT2D eigenvalue weighted by Crippen LogP contribution is -2.33. The Balaban J connectivity index is 1.27. The topological polar surface area (TPSA) is 82.1 Å². The largest absolute Gasteiger partial charge is 0.351 e. The highest BCUT2D eigenvalue weighted by atomic mass is 32.2. The Morgan fingerprint density at radius 2 is 1.76 bits per heavy atom. The zero-order valence-electron chi connectivity index (χ0n) is 19.0. The Bertz CT molecular complexity index is 1080. The molecule has 178 valence electrons. The molecule has 2 aromatic carbocycles. The SMILES string of the molecule is CN(Cc1ccc(F)cc1)C(=O)c1ccc(NC(=O)C[C@H]2SC(N3CCCCC3)=NC2=O)cc1. The van der Waals surface area contributed by atoms with E-state index in [1.807, 2.05) is 0 Å². The summed E-state index contributed by atoms with van der Waals surface area (Å²) in [5.74, 6) is -1.03. The van der Waals surface area contributed by atoms with E-state index in [1.165, 1.54) is 30.3 Å². The second kappa shape index (κ2) is 10.8. The molecule has 2 aliphatic heterocycles. The summed E-state index contributed by atoms with van der Waals surface area (Å²) in [6, 6.07) is 12.6. The number of amidine groups is 1. The smallest absolute Gasteiger partial charge is 0.262 e. The number of nitrogens with zero attached hydrogens (tertiary/aromatic N) is 3. The molecule has 0 unspecified atom stereocenters. The van der Waals surface area contributed by atoms with Crippen LogP contribution in [0.1, 0.15) is 41.6 Å². The van der Waals surface area contributed by atoms with Gasteiger partial charge < -0.3 is 15.1 Å². The minimum Gasteiger partial charge on any atom is -0.351 e. The number of anilines is 1. The van der Waals surface area contributed by atoms with Gasteiger partial charge in [0.05, 0.1) is 0 Å². The van der Waals surface area contributed by atoms with Crippen molar-refractivity contribution in [2.45, 2.75) is 37.5 Å². The maximum Gasteiger partial charge on any atom is 0.262 e. The molecule has 1 fully saturated rings. The highest BCUT2D eigenvalue weighted by Crippen LogP contribution is 2.29. The molecule has 1 atom stereocenters. The monoisotopic (exact) mass is 482 g/mol. The number of rotatable bonds is 6. The number of hydrogen-bond acceptors (Lipinski definition) is 5. The second-order valence-electron chi connectivity index (χ2n) is 8.50. The first-order chi connectivity index (χ1) is 16.4. The first kappa shape index (κ1) is 23.9. The summed E-state index contributed by atoms with van der Waals surface area (Å²) < 4.78 is 13.1. The van der Waals surface area contributed by atoms with Gasteiger partial charge in [0, 0.05) is 44.4 Å². The summed E-state index contributed by atoms with van der Waals surface area (Å²) in [4.78, 5) is 45.3. The van der Waals surface area contributed by atoms with Gasteiger partial charge in [0.1, 0.15) is 11.1 Å². The maximum absolute atomic E-state index is 13.1. The fraction of sp³-hybridized carbons (Fsp3) is 0.360. The predicted molar refractivity (Wildman–Crippen MR) is 131 cm³/mol. The average molecular weight is 483 g/mol. The molecule has 0 saturated carbocycles. The number of likely N-dealkylation sites (tertiary alicyclic amines) is 1. The van der Waals surface area contributed by atoms with Gasteiger partial charge in [-0.3, -0.25) is 14.4 Å². The van der Waals surface area contributed by atoms with Gasteiger partial charge in [0.15, 0.2) is 5.17 Å². The minimum atomic E-state index is -0.502. The lowest BCUT2D eigenvalue weighted by Gasteiger charge is -2.27. The van der Waals surface area contributed by atoms with Crippen LogP contribution in [-0.4, -0.2) is 58.1 Å². The third-order valence-corrected chi connectivity index (χ3v) is 7.03. The number of thioether (sulfide) groups is 1. The van der Waals surface area contributed by atoms with Crippen LogP contribution < -0.4 is 5.32 Å². The van der Waals surface area contributed by atoms with E-state index >= 15 is 0 Å². The van der Waals surface area contributed by atoms with Gasteiger partial charge in [-0.15, -0.1) is 0 Å². The summed E-state index contributed by atoms with van der Waals surface area (Å²) in [5, 5.41) is 3.02. The molecule has 2 heterocycles. The number of benzene rings is 2. The first-order valence-electron chi connectivity index (χ1n) is 11.3. The molecule has 1 saturated heterocycles. The Hall–Kier alpha value is -3.20. The molecule has 4 rings (SSSR count). The van der Waals surface area contributed by atoms with Gasteiger partial charge >= 0.3 is 0 Å². The van der Waals surface area contributed by atoms with Crippen molar-refractivity contribution in [1.29, 1.82) is 0 Å². The van der Waals surface area contributed by atoms with E-state index in [4.69, 9.17) is 0 Å². The van der Waals surface area contributed by atoms with Crippen LogP contribution in [0.3, 0.4) is 0 Å². The minimum absolute atomic E-state index is 0.0471. The fourth-order valence-electron chi connectivity index (χ4n) is 3.96. The molecule has 0 spiro atoms. The number of carbonyl (C=O) groups excluding carboxylic acids is 3. The lowest BCUT2D eigenvalue weighted by atomic mass is 10.1. The number of carbonyl (C=O) groups is 3. The number of amides is 3. The quantitative estimate of drug-likeness (QED) is 0.675. The summed E-state index contributed by atoms with van der Waals surface area (Å²) in [5.41, 5.74) is 1.85. The van der Waals surface area contributed by atoms with Crippen molar-refractivity contribution in [3.63, 3.8) is 0 Å². The van der Waals surface area contributed by atoms with Gasteiger partial charge in [0.25, 0.3) is 11.8 Å². The predicted octanol–water partition coefficient (Wildman–Crippen LogP) is 3.91. The average Bonchev–Trinajstić information content (AvgIpc) is 3.21. The molecule has 2 aliphatic rings. The van der Waals surface area contributed by atoms with Crippen molar-refractivity contribution in [1.82, 2.24) is 9.80 Å². The highest BCUT2D eigenvalue weighted by molar-refractivity contribution is 8.15. The Kier molecular flexibility index (Phi) is 7.62. The van der Waals surface area contributed by atoms with Crippen LogP contribution >= 0.6 is 11.8 Å². The van der Waals surface area contributed by atoms with Crippen LogP contribution in [0.25, 0.3) is 0 Å². The standard InChI is InChI=1S/C25H27FN4O3S/c1-29(16-17-5-9-19(26)10-6-17)24(33)18-7-11-20(12-8-18)27-22(31)15-21-23(32)28-25(34-21)30-13-3-2-4-14-30/h5-12,21H,2-4,13-16H2,1H3,(H,27,31)/t21-/m1/s1. The van der Waals surface area contributed by atoms with Crippen LogP contribution in [0.15, 0.2) is 53.5 Å². The van der Waals surface area contributed by atoms with E-state index in [9.17, 15) is 18.8 Å². The number of nitrogens with one attached hydrogen (secondary N) is 1. The summed E-state index contributed by atoms with van der Waals surface area (Å²) in [7, 11) is 1.68. The van der Waals surface area contributed by atoms with Crippen LogP contribution in [0, 0.1) is 5.82 Å². The van der Waals surface area contributed by atoms with Crippen molar-refractivity contribution >= 4 is 40.3 Å². The third-order valence-electron chi connectivity index (χ3n) is 5.82. The number of aliphatic imine (C=N–C) groups is 1. The highest BCUT2D eigenvalue weighted by Gasteiger charge is 2.33. The van der Waals surface area contributed by atoms with E-state index in [1.54, 1.807) is 48.3 Å². The normalized spacial score (nSPS) is 17.9. The van der Waals surface area contributed by atoms with Gasteiger partial charge in [-0.2, -0.15) is 4.99 Å². The molecule has 0 bridgehead atoms. The molecule has 0 aliphatic carbocycles. The Morgan fingerprint density at radius 3 is 2.44 bits per heavy atom. The number of halogens is 1. The fourth-order valence-corrected chi connectivity index (χ4v) is 5.08. The van der Waals surface area contributed by atoms with E-state index < -0.39 is 5.25 Å². The molecule has 2 aromatic rings. The Labute approximate surface area is 202 Å². The second-order valence-corrected chi connectivity index (χ2v) is 9.67. The molecule has 3 amide bonds. The van der Waals surface area contributed by atoms with Crippen LogP contribution in [0.2, 0.25) is 0 Å². The van der Waals surface area contributed by atoms with Gasteiger partial charge in [-0.1, -0.05) is 23.9 Å². The molecular weight excluding hydrogens is 455 g/mol. The van der Waals surface area contributed by atoms with Crippen LogP contribution in [-0.2, 0) is 16.1 Å². The molecular formula is C25H27FN4O3S. The maximum atomic E-state index is 13.1. The van der Waals surface area contributed by atoms with Crippen LogP contribution in [0.5, 0.6) is 0 Å². The third kappa shape index (κ3) is 6.02. The Morgan fingerprint density at radius 1 is 1.09 bits per heavy atom. The first-order valence-corrected chi connectivity index (χ1v) is 12.2. The van der Waals surface area contributed by atoms with E-state index in [0.717, 1.165) is 36.7 Å². The molecule has 0 aromatic heterocycles. The van der Waals surface area contributed by atoms with Crippen molar-refractivity contribution in [2.24, 2.45) is 4.99 Å². The van der Waals surface area contributed by atoms with Crippen LogP contribution in [0.4, 0.5) is 10.1 Å².